The smallest absolute Gasteiger partial charge is 0.0881 e. The second kappa shape index (κ2) is 7.88. The van der Waals surface area contributed by atoms with Crippen molar-refractivity contribution in [1.82, 2.24) is 0 Å². The summed E-state index contributed by atoms with van der Waals surface area (Å²) < 4.78 is 5.78. The molecule has 2 aliphatic rings. The van der Waals surface area contributed by atoms with E-state index in [0.29, 0.717) is 47.4 Å². The van der Waals surface area contributed by atoms with Crippen molar-refractivity contribution in [3.8, 4) is 0 Å². The Hall–Kier alpha value is -0.760. The minimum Gasteiger partial charge on any atom is -0.513 e. The lowest BCUT2D eigenvalue weighted by molar-refractivity contribution is -0.0262. The summed E-state index contributed by atoms with van der Waals surface area (Å²) in [5.41, 5.74) is 1.47. The predicted octanol–water partition coefficient (Wildman–Crippen LogP) is 5.75. The van der Waals surface area contributed by atoms with Gasteiger partial charge in [0, 0.05) is 13.0 Å². The van der Waals surface area contributed by atoms with Crippen molar-refractivity contribution in [3.63, 3.8) is 0 Å². The molecule has 4 atom stereocenters. The normalized spacial score (nSPS) is 38.5. The summed E-state index contributed by atoms with van der Waals surface area (Å²) in [6.07, 6.45) is 7.23. The molecule has 2 saturated carbocycles. The molecule has 0 aromatic carbocycles. The zero-order valence-corrected chi connectivity index (χ0v) is 15.6. The Morgan fingerprint density at radius 3 is 2.09 bits per heavy atom. The van der Waals surface area contributed by atoms with Gasteiger partial charge in [-0.3, -0.25) is 0 Å². The highest BCUT2D eigenvalue weighted by molar-refractivity contribution is 5.12. The summed E-state index contributed by atoms with van der Waals surface area (Å²) in [6, 6.07) is 0. The van der Waals surface area contributed by atoms with Crippen LogP contribution in [0.15, 0.2) is 24.5 Å². The van der Waals surface area contributed by atoms with Crippen molar-refractivity contribution < 1.29 is 9.84 Å². The van der Waals surface area contributed by atoms with Gasteiger partial charge in [0.2, 0.25) is 0 Å². The largest absolute Gasteiger partial charge is 0.513 e. The summed E-state index contributed by atoms with van der Waals surface area (Å²) in [7, 11) is 1.87. The van der Waals surface area contributed by atoms with Crippen LogP contribution in [0.3, 0.4) is 0 Å². The maximum atomic E-state index is 9.61. The van der Waals surface area contributed by atoms with Crippen LogP contribution in [0.4, 0.5) is 0 Å². The van der Waals surface area contributed by atoms with Crippen LogP contribution < -0.4 is 0 Å². The number of hydrogen-bond donors (Lipinski definition) is 1. The number of methoxy groups -OCH3 is 1. The Morgan fingerprint density at radius 2 is 1.61 bits per heavy atom. The average Bonchev–Trinajstić information content (AvgIpc) is 2.53. The SMILES string of the molecule is C=C(O)C1CCC(C(=C)C2CC(C(C)C)C(OC)CC2C)CC1. The molecule has 0 amide bonds. The van der Waals surface area contributed by atoms with Crippen molar-refractivity contribution in [2.75, 3.05) is 7.11 Å². The standard InChI is InChI=1S/C21H36O2/c1-13(2)19-12-20(14(3)11-21(19)23-6)15(4)17-7-9-18(10-8-17)16(5)22/h13-14,17-22H,4-5,7-12H2,1-3,6H3. The van der Waals surface area contributed by atoms with Gasteiger partial charge in [-0.05, 0) is 68.1 Å². The lowest BCUT2D eigenvalue weighted by Gasteiger charge is -2.44. The Kier molecular flexibility index (Phi) is 6.36. The Morgan fingerprint density at radius 1 is 1.04 bits per heavy atom. The molecular weight excluding hydrogens is 284 g/mol. The molecule has 0 saturated heterocycles. The van der Waals surface area contributed by atoms with Crippen molar-refractivity contribution in [3.05, 3.63) is 24.5 Å². The minimum atomic E-state index is 0.309. The molecule has 0 radical (unpaired) electrons. The Bertz CT molecular complexity index is 418. The fourth-order valence-corrected chi connectivity index (χ4v) is 4.97. The van der Waals surface area contributed by atoms with E-state index in [1.165, 1.54) is 12.0 Å². The summed E-state index contributed by atoms with van der Waals surface area (Å²) in [6.45, 7) is 15.3. The molecule has 2 rings (SSSR count). The average molecular weight is 321 g/mol. The fourth-order valence-electron chi connectivity index (χ4n) is 4.97. The quantitative estimate of drug-likeness (QED) is 0.516. The number of aliphatic hydroxyl groups excluding tert-OH is 1. The highest BCUT2D eigenvalue weighted by Crippen LogP contribution is 2.46. The third kappa shape index (κ3) is 4.21. The van der Waals surface area contributed by atoms with E-state index in [1.54, 1.807) is 0 Å². The van der Waals surface area contributed by atoms with Gasteiger partial charge in [0.25, 0.3) is 0 Å². The highest BCUT2D eigenvalue weighted by Gasteiger charge is 2.39. The van der Waals surface area contributed by atoms with Crippen molar-refractivity contribution >= 4 is 0 Å². The molecule has 0 aromatic heterocycles. The van der Waals surface area contributed by atoms with Gasteiger partial charge >= 0.3 is 0 Å². The van der Waals surface area contributed by atoms with Crippen LogP contribution >= 0.6 is 0 Å². The molecule has 0 heterocycles. The minimum absolute atomic E-state index is 0.309. The third-order valence-corrected chi connectivity index (χ3v) is 6.65. The third-order valence-electron chi connectivity index (χ3n) is 6.65. The van der Waals surface area contributed by atoms with Crippen LogP contribution in [-0.4, -0.2) is 18.3 Å². The van der Waals surface area contributed by atoms with E-state index in [2.05, 4.69) is 33.9 Å². The molecule has 23 heavy (non-hydrogen) atoms. The van der Waals surface area contributed by atoms with E-state index in [9.17, 15) is 5.11 Å². The first-order valence-corrected chi connectivity index (χ1v) is 9.44. The molecule has 0 aromatic rings. The Balaban J connectivity index is 2.00. The monoisotopic (exact) mass is 320 g/mol. The van der Waals surface area contributed by atoms with Crippen LogP contribution in [0.2, 0.25) is 0 Å². The number of allylic oxidation sites excluding steroid dienone is 2. The molecule has 0 bridgehead atoms. The molecule has 0 spiro atoms. The lowest BCUT2D eigenvalue weighted by atomic mass is 9.64. The number of rotatable bonds is 5. The first kappa shape index (κ1) is 18.6. The van der Waals surface area contributed by atoms with Crippen LogP contribution in [0.25, 0.3) is 0 Å². The van der Waals surface area contributed by atoms with E-state index < -0.39 is 0 Å². The van der Waals surface area contributed by atoms with E-state index in [-0.39, 0.29) is 0 Å². The molecule has 2 aliphatic carbocycles. The van der Waals surface area contributed by atoms with Crippen molar-refractivity contribution in [2.24, 2.45) is 35.5 Å². The van der Waals surface area contributed by atoms with Crippen LogP contribution in [0.5, 0.6) is 0 Å². The topological polar surface area (TPSA) is 29.5 Å². The summed E-state index contributed by atoms with van der Waals surface area (Å²) >= 11 is 0. The lowest BCUT2D eigenvalue weighted by Crippen LogP contribution is -2.39. The van der Waals surface area contributed by atoms with Crippen molar-refractivity contribution in [1.29, 1.82) is 0 Å². The van der Waals surface area contributed by atoms with E-state index in [4.69, 9.17) is 4.74 Å². The molecule has 132 valence electrons. The van der Waals surface area contributed by atoms with Gasteiger partial charge < -0.3 is 9.84 Å². The molecule has 2 nitrogen and oxygen atoms in total. The van der Waals surface area contributed by atoms with E-state index in [0.717, 1.165) is 32.1 Å². The van der Waals surface area contributed by atoms with Crippen LogP contribution in [-0.2, 0) is 4.74 Å². The zero-order valence-electron chi connectivity index (χ0n) is 15.6. The van der Waals surface area contributed by atoms with Crippen molar-refractivity contribution in [2.45, 2.75) is 65.4 Å². The van der Waals surface area contributed by atoms with E-state index in [1.807, 2.05) is 7.11 Å². The molecule has 2 heteroatoms. The molecular formula is C21H36O2. The molecule has 4 unspecified atom stereocenters. The number of aliphatic hydroxyl groups is 1. The van der Waals surface area contributed by atoms with Gasteiger partial charge in [-0.15, -0.1) is 0 Å². The predicted molar refractivity (Wildman–Crippen MR) is 97.4 cm³/mol. The van der Waals surface area contributed by atoms with Gasteiger partial charge in [-0.1, -0.05) is 39.5 Å². The fraction of sp³-hybridized carbons (Fsp3) is 0.810. The maximum Gasteiger partial charge on any atom is 0.0881 e. The van der Waals surface area contributed by atoms with Crippen LogP contribution in [0, 0.1) is 35.5 Å². The number of ether oxygens (including phenoxy) is 1. The summed E-state index contributed by atoms with van der Waals surface area (Å²) in [4.78, 5) is 0. The number of hydrogen-bond acceptors (Lipinski definition) is 2. The second-order valence-corrected chi connectivity index (χ2v) is 8.35. The zero-order chi connectivity index (χ0) is 17.1. The summed E-state index contributed by atoms with van der Waals surface area (Å²) in [5, 5.41) is 9.61. The first-order valence-electron chi connectivity index (χ1n) is 9.44. The Labute approximate surface area is 143 Å². The van der Waals surface area contributed by atoms with Crippen LogP contribution in [0.1, 0.15) is 59.3 Å². The molecule has 1 N–H and O–H groups in total. The van der Waals surface area contributed by atoms with Gasteiger partial charge in [0.05, 0.1) is 11.9 Å². The van der Waals surface area contributed by atoms with Gasteiger partial charge in [0.15, 0.2) is 0 Å². The van der Waals surface area contributed by atoms with Gasteiger partial charge in [-0.25, -0.2) is 0 Å². The van der Waals surface area contributed by atoms with Gasteiger partial charge in [-0.2, -0.15) is 0 Å². The maximum absolute atomic E-state index is 9.61. The highest BCUT2D eigenvalue weighted by atomic mass is 16.5. The van der Waals surface area contributed by atoms with E-state index >= 15 is 0 Å². The second-order valence-electron chi connectivity index (χ2n) is 8.35. The van der Waals surface area contributed by atoms with Gasteiger partial charge in [0.1, 0.15) is 0 Å². The first-order chi connectivity index (χ1) is 10.8. The molecule has 0 aliphatic heterocycles. The summed E-state index contributed by atoms with van der Waals surface area (Å²) in [5.74, 6) is 3.92. The molecule has 2 fully saturated rings.